The normalized spacial score (nSPS) is 30.4. The average Bonchev–Trinajstić information content (AvgIpc) is 2.73. The molecule has 1 aromatic rings. The minimum Gasteiger partial charge on any atom is -0.322 e. The summed E-state index contributed by atoms with van der Waals surface area (Å²) < 4.78 is 1.92. The van der Waals surface area contributed by atoms with Gasteiger partial charge >= 0.3 is 0 Å². The van der Waals surface area contributed by atoms with Crippen LogP contribution in [0.4, 0.5) is 0 Å². The van der Waals surface area contributed by atoms with E-state index in [-0.39, 0.29) is 6.04 Å². The fourth-order valence-electron chi connectivity index (χ4n) is 2.13. The Morgan fingerprint density at radius 3 is 2.89 bits per heavy atom. The third kappa shape index (κ3) is 2.84. The van der Waals surface area contributed by atoms with E-state index in [1.165, 1.54) is 0 Å². The monoisotopic (exact) mass is 305 g/mol. The maximum Gasteiger partial charge on any atom is 0.0834 e. The summed E-state index contributed by atoms with van der Waals surface area (Å²) in [7, 11) is 0. The lowest BCUT2D eigenvalue weighted by Gasteiger charge is -2.34. The Balaban J connectivity index is 2.16. The number of nitrogens with zero attached hydrogens (tertiary/aromatic N) is 2. The van der Waals surface area contributed by atoms with Crippen LogP contribution in [-0.2, 0) is 6.54 Å². The topological polar surface area (TPSA) is 43.8 Å². The highest BCUT2D eigenvalue weighted by Gasteiger charge is 2.32. The highest BCUT2D eigenvalue weighted by Crippen LogP contribution is 2.41. The van der Waals surface area contributed by atoms with Gasteiger partial charge in [-0.15, -0.1) is 0 Å². The molecule has 2 heterocycles. The number of hydrogen-bond acceptors (Lipinski definition) is 4. The second-order valence-electron chi connectivity index (χ2n) is 4.64. The summed E-state index contributed by atoms with van der Waals surface area (Å²) >= 11 is 10.2. The second kappa shape index (κ2) is 6.07. The minimum absolute atomic E-state index is 0.0348. The Morgan fingerprint density at radius 2 is 2.28 bits per heavy atom. The Hall–Kier alpha value is 0.160. The van der Waals surface area contributed by atoms with Crippen LogP contribution >= 0.6 is 35.1 Å². The van der Waals surface area contributed by atoms with Crippen LogP contribution in [0, 0.1) is 0 Å². The van der Waals surface area contributed by atoms with E-state index in [0.29, 0.717) is 20.8 Å². The quantitative estimate of drug-likeness (QED) is 0.931. The molecule has 0 radical (unpaired) electrons. The number of aryl methyl sites for hydroxylation is 1. The highest BCUT2D eigenvalue weighted by atomic mass is 35.5. The zero-order valence-electron chi connectivity index (χ0n) is 11.0. The van der Waals surface area contributed by atoms with Crippen LogP contribution in [0.1, 0.15) is 32.5 Å². The largest absolute Gasteiger partial charge is 0.322 e. The lowest BCUT2D eigenvalue weighted by molar-refractivity contribution is 0.567. The van der Waals surface area contributed by atoms with Crippen LogP contribution in [-0.4, -0.2) is 31.3 Å². The molecule has 1 aromatic heterocycles. The molecule has 0 aliphatic carbocycles. The molecule has 1 aliphatic rings. The van der Waals surface area contributed by atoms with E-state index in [2.05, 4.69) is 25.9 Å². The summed E-state index contributed by atoms with van der Waals surface area (Å²) in [5.41, 5.74) is 7.40. The van der Waals surface area contributed by atoms with Crippen LogP contribution in [0.25, 0.3) is 0 Å². The molecule has 0 saturated carbocycles. The molecular formula is C12H20ClN3S2. The zero-order valence-corrected chi connectivity index (χ0v) is 13.4. The average molecular weight is 306 g/mol. The van der Waals surface area contributed by atoms with Crippen molar-refractivity contribution < 1.29 is 0 Å². The SMILES string of the molecule is CCn1ncc(Cl)c1C(N)C1CSC(C)C(C)S1. The van der Waals surface area contributed by atoms with Gasteiger partial charge in [-0.25, -0.2) is 0 Å². The molecular weight excluding hydrogens is 286 g/mol. The third-order valence-electron chi connectivity index (χ3n) is 3.42. The van der Waals surface area contributed by atoms with Gasteiger partial charge in [0.1, 0.15) is 0 Å². The van der Waals surface area contributed by atoms with Gasteiger partial charge in [-0.1, -0.05) is 25.4 Å². The standard InChI is InChI=1S/C12H20ClN3S2/c1-4-16-12(9(13)5-15-16)11(14)10-6-17-7(2)8(3)18-10/h5,7-8,10-11H,4,6,14H2,1-3H3. The van der Waals surface area contributed by atoms with Crippen molar-refractivity contribution in [2.24, 2.45) is 5.73 Å². The molecule has 6 heteroatoms. The molecule has 0 bridgehead atoms. The first kappa shape index (κ1) is 14.6. The molecule has 102 valence electrons. The summed E-state index contributed by atoms with van der Waals surface area (Å²) in [6.45, 7) is 7.44. The van der Waals surface area contributed by atoms with Crippen molar-refractivity contribution >= 4 is 35.1 Å². The number of thioether (sulfide) groups is 2. The first-order valence-electron chi connectivity index (χ1n) is 6.28. The predicted molar refractivity (Wildman–Crippen MR) is 82.6 cm³/mol. The molecule has 4 unspecified atom stereocenters. The Kier molecular flexibility index (Phi) is 4.92. The molecule has 2 N–H and O–H groups in total. The van der Waals surface area contributed by atoms with Crippen LogP contribution < -0.4 is 5.73 Å². The summed E-state index contributed by atoms with van der Waals surface area (Å²) in [6.07, 6.45) is 1.70. The molecule has 4 atom stereocenters. The predicted octanol–water partition coefficient (Wildman–Crippen LogP) is 3.18. The molecule has 18 heavy (non-hydrogen) atoms. The van der Waals surface area contributed by atoms with E-state index in [4.69, 9.17) is 17.3 Å². The van der Waals surface area contributed by atoms with E-state index in [9.17, 15) is 0 Å². The van der Waals surface area contributed by atoms with Gasteiger partial charge in [-0.3, -0.25) is 4.68 Å². The molecule has 0 amide bonds. The van der Waals surface area contributed by atoms with Crippen molar-refractivity contribution in [2.45, 2.75) is 49.1 Å². The first-order valence-corrected chi connectivity index (χ1v) is 8.65. The fourth-order valence-corrected chi connectivity index (χ4v) is 5.42. The molecule has 0 aromatic carbocycles. The second-order valence-corrected chi connectivity index (χ2v) is 8.08. The van der Waals surface area contributed by atoms with Gasteiger partial charge < -0.3 is 5.73 Å². The molecule has 1 aliphatic heterocycles. The summed E-state index contributed by atoms with van der Waals surface area (Å²) in [6, 6.07) is -0.0348. The van der Waals surface area contributed by atoms with E-state index >= 15 is 0 Å². The van der Waals surface area contributed by atoms with Gasteiger partial charge in [0.2, 0.25) is 0 Å². The van der Waals surface area contributed by atoms with Crippen LogP contribution in [0.3, 0.4) is 0 Å². The van der Waals surface area contributed by atoms with Gasteiger partial charge in [0, 0.05) is 28.0 Å². The van der Waals surface area contributed by atoms with Crippen LogP contribution in [0.15, 0.2) is 6.20 Å². The van der Waals surface area contributed by atoms with Crippen molar-refractivity contribution in [2.75, 3.05) is 5.75 Å². The van der Waals surface area contributed by atoms with E-state index in [1.54, 1.807) is 6.20 Å². The lowest BCUT2D eigenvalue weighted by Crippen LogP contribution is -2.35. The summed E-state index contributed by atoms with van der Waals surface area (Å²) in [5.74, 6) is 1.09. The van der Waals surface area contributed by atoms with Crippen molar-refractivity contribution in [1.82, 2.24) is 9.78 Å². The zero-order chi connectivity index (χ0) is 13.3. The molecule has 2 rings (SSSR count). The third-order valence-corrected chi connectivity index (χ3v) is 7.23. The van der Waals surface area contributed by atoms with Crippen molar-refractivity contribution in [3.63, 3.8) is 0 Å². The lowest BCUT2D eigenvalue weighted by atomic mass is 10.1. The van der Waals surface area contributed by atoms with Crippen molar-refractivity contribution in [3.8, 4) is 0 Å². The Bertz CT molecular complexity index is 410. The maximum atomic E-state index is 6.42. The number of halogens is 1. The number of hydrogen-bond donors (Lipinski definition) is 1. The van der Waals surface area contributed by atoms with Crippen molar-refractivity contribution in [1.29, 1.82) is 0 Å². The van der Waals surface area contributed by atoms with Gasteiger partial charge in [0.15, 0.2) is 0 Å². The van der Waals surface area contributed by atoms with Gasteiger partial charge in [0.25, 0.3) is 0 Å². The number of aromatic nitrogens is 2. The Morgan fingerprint density at radius 1 is 1.56 bits per heavy atom. The number of rotatable bonds is 3. The molecule has 1 fully saturated rings. The molecule has 0 spiro atoms. The van der Waals surface area contributed by atoms with Gasteiger partial charge in [0.05, 0.1) is 23.0 Å². The highest BCUT2D eigenvalue weighted by molar-refractivity contribution is 8.07. The Labute approximate surface area is 122 Å². The fraction of sp³-hybridized carbons (Fsp3) is 0.750. The smallest absolute Gasteiger partial charge is 0.0834 e. The summed E-state index contributed by atoms with van der Waals surface area (Å²) in [5, 5.41) is 6.72. The number of nitrogens with two attached hydrogens (primary N) is 1. The maximum absolute atomic E-state index is 6.42. The van der Waals surface area contributed by atoms with Crippen LogP contribution in [0.5, 0.6) is 0 Å². The van der Waals surface area contributed by atoms with Gasteiger partial charge in [-0.2, -0.15) is 28.6 Å². The van der Waals surface area contributed by atoms with Crippen LogP contribution in [0.2, 0.25) is 5.02 Å². The molecule has 3 nitrogen and oxygen atoms in total. The van der Waals surface area contributed by atoms with E-state index < -0.39 is 0 Å². The van der Waals surface area contributed by atoms with E-state index in [0.717, 1.165) is 18.0 Å². The minimum atomic E-state index is -0.0348. The molecule has 1 saturated heterocycles. The first-order chi connectivity index (χ1) is 8.54. The van der Waals surface area contributed by atoms with E-state index in [1.807, 2.05) is 28.2 Å². The van der Waals surface area contributed by atoms with Crippen molar-refractivity contribution in [3.05, 3.63) is 16.9 Å². The van der Waals surface area contributed by atoms with Gasteiger partial charge in [-0.05, 0) is 6.92 Å². The summed E-state index contributed by atoms with van der Waals surface area (Å²) in [4.78, 5) is 0.